The number of aliphatic carboxylic acids is 1. The molecule has 1 atom stereocenters. The fraction of sp³-hybridized carbons (Fsp3) is 0.667. The van der Waals surface area contributed by atoms with Crippen LogP contribution in [0.1, 0.15) is 96.1 Å². The number of hydrogen-bond acceptors (Lipinski definition) is 2. The molecule has 0 fully saturated rings. The number of benzene rings is 1. The molecule has 24 heavy (non-hydrogen) atoms. The van der Waals surface area contributed by atoms with Crippen molar-refractivity contribution >= 4 is 5.97 Å². The van der Waals surface area contributed by atoms with Gasteiger partial charge in [-0.05, 0) is 12.0 Å². The zero-order chi connectivity index (χ0) is 18.0. The third-order valence-corrected chi connectivity index (χ3v) is 4.10. The average molecular weight is 336 g/mol. The van der Waals surface area contributed by atoms with Crippen LogP contribution >= 0.6 is 0 Å². The fourth-order valence-electron chi connectivity index (χ4n) is 2.72. The van der Waals surface area contributed by atoms with Gasteiger partial charge in [-0.15, -0.1) is 0 Å². The predicted molar refractivity (Wildman–Crippen MR) is 103 cm³/mol. The molecule has 1 rings (SSSR count). The zero-order valence-electron chi connectivity index (χ0n) is 15.7. The number of carbonyl (C=O) groups is 1. The van der Waals surface area contributed by atoms with Crippen LogP contribution in [-0.2, 0) is 4.79 Å². The van der Waals surface area contributed by atoms with E-state index >= 15 is 0 Å². The van der Waals surface area contributed by atoms with E-state index in [0.717, 1.165) is 13.3 Å². The van der Waals surface area contributed by atoms with Crippen LogP contribution in [0.2, 0.25) is 0 Å². The number of carboxylic acid groups (broad SMARTS) is 1. The molecule has 0 spiro atoms. The third kappa shape index (κ3) is 15.5. The lowest BCUT2D eigenvalue weighted by Gasteiger charge is -2.11. The molecule has 3 N–H and O–H groups in total. The fourth-order valence-corrected chi connectivity index (χ4v) is 2.72. The molecule has 0 heterocycles. The lowest BCUT2D eigenvalue weighted by molar-refractivity contribution is -0.134. The average Bonchev–Trinajstić information content (AvgIpc) is 2.56. The molecule has 1 aromatic carbocycles. The van der Waals surface area contributed by atoms with Crippen LogP contribution in [0.3, 0.4) is 0 Å². The van der Waals surface area contributed by atoms with Gasteiger partial charge in [0.1, 0.15) is 0 Å². The lowest BCUT2D eigenvalue weighted by Crippen LogP contribution is -2.09. The summed E-state index contributed by atoms with van der Waals surface area (Å²) in [5.41, 5.74) is 7.48. The Hall–Kier alpha value is -1.35. The minimum Gasteiger partial charge on any atom is -0.481 e. The van der Waals surface area contributed by atoms with Crippen LogP contribution in [-0.4, -0.2) is 11.1 Å². The minimum absolute atomic E-state index is 0.227. The summed E-state index contributed by atoms with van der Waals surface area (Å²) >= 11 is 0. The van der Waals surface area contributed by atoms with Gasteiger partial charge in [-0.1, -0.05) is 101 Å². The van der Waals surface area contributed by atoms with Crippen molar-refractivity contribution in [2.45, 2.75) is 90.5 Å². The summed E-state index contributed by atoms with van der Waals surface area (Å²) in [6, 6.07) is 10.7. The van der Waals surface area contributed by atoms with E-state index in [-0.39, 0.29) is 6.04 Å². The smallest absolute Gasteiger partial charge is 0.300 e. The predicted octanol–water partition coefficient (Wildman–Crippen LogP) is 6.09. The normalized spacial score (nSPS) is 11.5. The molecule has 0 aliphatic carbocycles. The van der Waals surface area contributed by atoms with Gasteiger partial charge in [0.15, 0.2) is 0 Å². The Balaban J connectivity index is 0.00000118. The molecule has 3 nitrogen and oxygen atoms in total. The monoisotopic (exact) mass is 335 g/mol. The summed E-state index contributed by atoms with van der Waals surface area (Å²) in [5.74, 6) is -0.833. The largest absolute Gasteiger partial charge is 0.481 e. The van der Waals surface area contributed by atoms with Crippen molar-refractivity contribution in [3.63, 3.8) is 0 Å². The topological polar surface area (TPSA) is 63.3 Å². The molecular formula is C21H37NO2. The molecule has 1 unspecified atom stereocenters. The standard InChI is InChI=1S/C19H33N.C2H4O2/c1-2-3-4-5-6-7-8-9-10-14-17-19(20)18-15-12-11-13-16-18;1-2(3)4/h11-13,15-16,19H,2-10,14,17,20H2,1H3;1H3,(H,3,4). The van der Waals surface area contributed by atoms with Crippen LogP contribution < -0.4 is 5.73 Å². The molecule has 3 heteroatoms. The van der Waals surface area contributed by atoms with Crippen molar-refractivity contribution in [1.82, 2.24) is 0 Å². The number of rotatable bonds is 12. The summed E-state index contributed by atoms with van der Waals surface area (Å²) in [4.78, 5) is 9.00. The molecule has 0 aliphatic heterocycles. The van der Waals surface area contributed by atoms with E-state index in [1.165, 1.54) is 69.8 Å². The first-order valence-corrected chi connectivity index (χ1v) is 9.58. The molecule has 0 saturated carbocycles. The van der Waals surface area contributed by atoms with Gasteiger partial charge in [-0.3, -0.25) is 4.79 Å². The summed E-state index contributed by atoms with van der Waals surface area (Å²) in [5, 5.41) is 7.42. The molecule has 0 aliphatic rings. The third-order valence-electron chi connectivity index (χ3n) is 4.10. The molecule has 0 bridgehead atoms. The second-order valence-corrected chi connectivity index (χ2v) is 6.51. The Morgan fingerprint density at radius 2 is 1.33 bits per heavy atom. The van der Waals surface area contributed by atoms with E-state index in [1.807, 2.05) is 0 Å². The summed E-state index contributed by atoms with van der Waals surface area (Å²) in [7, 11) is 0. The highest BCUT2D eigenvalue weighted by atomic mass is 16.4. The SMILES string of the molecule is CC(=O)O.CCCCCCCCCCCCC(N)c1ccccc1. The van der Waals surface area contributed by atoms with Gasteiger partial charge >= 0.3 is 0 Å². The highest BCUT2D eigenvalue weighted by Gasteiger charge is 2.04. The van der Waals surface area contributed by atoms with Crippen molar-refractivity contribution in [2.75, 3.05) is 0 Å². The van der Waals surface area contributed by atoms with Crippen LogP contribution in [0.25, 0.3) is 0 Å². The first-order valence-electron chi connectivity index (χ1n) is 9.58. The van der Waals surface area contributed by atoms with Crippen molar-refractivity contribution < 1.29 is 9.90 Å². The molecule has 0 radical (unpaired) electrons. The van der Waals surface area contributed by atoms with E-state index in [4.69, 9.17) is 15.6 Å². The minimum atomic E-state index is -0.833. The molecule has 0 amide bonds. The van der Waals surface area contributed by atoms with Gasteiger partial charge in [0.05, 0.1) is 0 Å². The summed E-state index contributed by atoms with van der Waals surface area (Å²) < 4.78 is 0. The quantitative estimate of drug-likeness (QED) is 0.454. The number of carboxylic acids is 1. The van der Waals surface area contributed by atoms with Gasteiger partial charge in [0.25, 0.3) is 5.97 Å². The molecule has 1 aromatic rings. The second kappa shape index (κ2) is 16.5. The van der Waals surface area contributed by atoms with Crippen LogP contribution in [0.5, 0.6) is 0 Å². The Kier molecular flexibility index (Phi) is 15.6. The number of nitrogens with two attached hydrogens (primary N) is 1. The summed E-state index contributed by atoms with van der Waals surface area (Å²) in [6.45, 7) is 3.36. The molecule has 138 valence electrons. The van der Waals surface area contributed by atoms with Crippen molar-refractivity contribution in [3.05, 3.63) is 35.9 Å². The first kappa shape index (κ1) is 22.6. The van der Waals surface area contributed by atoms with E-state index in [2.05, 4.69) is 37.3 Å². The van der Waals surface area contributed by atoms with Crippen LogP contribution in [0.4, 0.5) is 0 Å². The summed E-state index contributed by atoms with van der Waals surface area (Å²) in [6.07, 6.45) is 15.0. The van der Waals surface area contributed by atoms with E-state index in [0.29, 0.717) is 0 Å². The van der Waals surface area contributed by atoms with Crippen molar-refractivity contribution in [2.24, 2.45) is 5.73 Å². The van der Waals surface area contributed by atoms with Crippen LogP contribution in [0, 0.1) is 0 Å². The van der Waals surface area contributed by atoms with Gasteiger partial charge < -0.3 is 10.8 Å². The van der Waals surface area contributed by atoms with Gasteiger partial charge in [0, 0.05) is 13.0 Å². The van der Waals surface area contributed by atoms with Gasteiger partial charge in [-0.2, -0.15) is 0 Å². The molecular weight excluding hydrogens is 298 g/mol. The second-order valence-electron chi connectivity index (χ2n) is 6.51. The van der Waals surface area contributed by atoms with Crippen LogP contribution in [0.15, 0.2) is 30.3 Å². The number of unbranched alkanes of at least 4 members (excludes halogenated alkanes) is 9. The van der Waals surface area contributed by atoms with E-state index < -0.39 is 5.97 Å². The maximum Gasteiger partial charge on any atom is 0.300 e. The highest BCUT2D eigenvalue weighted by Crippen LogP contribution is 2.18. The van der Waals surface area contributed by atoms with Gasteiger partial charge in [-0.25, -0.2) is 0 Å². The zero-order valence-corrected chi connectivity index (χ0v) is 15.7. The Morgan fingerprint density at radius 1 is 0.917 bits per heavy atom. The van der Waals surface area contributed by atoms with E-state index in [9.17, 15) is 0 Å². The Morgan fingerprint density at radius 3 is 1.79 bits per heavy atom. The maximum absolute atomic E-state index is 9.00. The lowest BCUT2D eigenvalue weighted by atomic mass is 10.00. The van der Waals surface area contributed by atoms with Gasteiger partial charge in [0.2, 0.25) is 0 Å². The maximum atomic E-state index is 9.00. The Bertz CT molecular complexity index is 388. The molecule has 0 aromatic heterocycles. The molecule has 0 saturated heterocycles. The van der Waals surface area contributed by atoms with Crippen molar-refractivity contribution in [1.29, 1.82) is 0 Å². The Labute approximate surface area is 148 Å². The highest BCUT2D eigenvalue weighted by molar-refractivity contribution is 5.62. The first-order chi connectivity index (χ1) is 11.6. The number of hydrogen-bond donors (Lipinski definition) is 2. The van der Waals surface area contributed by atoms with E-state index in [1.54, 1.807) is 0 Å². The van der Waals surface area contributed by atoms with Crippen molar-refractivity contribution in [3.8, 4) is 0 Å².